The van der Waals surface area contributed by atoms with E-state index in [1.54, 1.807) is 14.2 Å². The predicted octanol–water partition coefficient (Wildman–Crippen LogP) is 4.13. The van der Waals surface area contributed by atoms with Crippen molar-refractivity contribution >= 4 is 0 Å². The van der Waals surface area contributed by atoms with Crippen LogP contribution in [0.3, 0.4) is 0 Å². The fourth-order valence-corrected chi connectivity index (χ4v) is 3.37. The van der Waals surface area contributed by atoms with E-state index in [4.69, 9.17) is 9.47 Å². The number of hydrogen-bond donors (Lipinski definition) is 0. The molecule has 0 saturated heterocycles. The summed E-state index contributed by atoms with van der Waals surface area (Å²) in [6, 6.07) is 17.0. The maximum absolute atomic E-state index is 5.41. The molecule has 0 aliphatic carbocycles. The fourth-order valence-electron chi connectivity index (χ4n) is 3.37. The Morgan fingerprint density at radius 2 is 1.50 bits per heavy atom. The van der Waals surface area contributed by atoms with E-state index in [-0.39, 0.29) is 0 Å². The van der Waals surface area contributed by atoms with Crippen molar-refractivity contribution in [2.45, 2.75) is 26.2 Å². The molecule has 0 fully saturated rings. The zero-order valence-electron chi connectivity index (χ0n) is 18.0. The quantitative estimate of drug-likeness (QED) is 0.518. The van der Waals surface area contributed by atoms with E-state index in [2.05, 4.69) is 66.2 Å². The average Bonchev–Trinajstić information content (AvgIpc) is 2.74. The van der Waals surface area contributed by atoms with Gasteiger partial charge >= 0.3 is 0 Å². The summed E-state index contributed by atoms with van der Waals surface area (Å²) < 4.78 is 10.7. The molecule has 0 aliphatic heterocycles. The zero-order chi connectivity index (χ0) is 20.2. The van der Waals surface area contributed by atoms with Crippen molar-refractivity contribution in [2.75, 3.05) is 54.0 Å². The summed E-state index contributed by atoms with van der Waals surface area (Å²) in [5.41, 5.74) is 2.72. The highest BCUT2D eigenvalue weighted by atomic mass is 16.5. The lowest BCUT2D eigenvalue weighted by Crippen LogP contribution is -2.35. The Balaban J connectivity index is 1.70. The highest BCUT2D eigenvalue weighted by molar-refractivity contribution is 5.42. The van der Waals surface area contributed by atoms with Gasteiger partial charge in [-0.25, -0.2) is 0 Å². The van der Waals surface area contributed by atoms with Crippen LogP contribution in [0.1, 0.15) is 24.5 Å². The lowest BCUT2D eigenvalue weighted by molar-refractivity contribution is 0.233. The molecular formula is C24H36N2O2. The summed E-state index contributed by atoms with van der Waals surface area (Å²) in [6.45, 7) is 7.72. The van der Waals surface area contributed by atoms with Crippen molar-refractivity contribution in [3.8, 4) is 11.5 Å². The molecule has 0 radical (unpaired) electrons. The third-order valence-electron chi connectivity index (χ3n) is 5.26. The maximum Gasteiger partial charge on any atom is 0.160 e. The summed E-state index contributed by atoms with van der Waals surface area (Å²) in [4.78, 5) is 4.96. The average molecular weight is 385 g/mol. The lowest BCUT2D eigenvalue weighted by atomic mass is 10.1. The molecule has 2 aromatic carbocycles. The van der Waals surface area contributed by atoms with Crippen LogP contribution in [0, 0.1) is 0 Å². The first kappa shape index (κ1) is 22.3. The van der Waals surface area contributed by atoms with Gasteiger partial charge in [-0.15, -0.1) is 0 Å². The molecule has 28 heavy (non-hydrogen) atoms. The van der Waals surface area contributed by atoms with Crippen LogP contribution in [0.5, 0.6) is 11.5 Å². The van der Waals surface area contributed by atoms with Gasteiger partial charge in [0, 0.05) is 19.6 Å². The first-order chi connectivity index (χ1) is 13.7. The molecule has 0 amide bonds. The molecule has 0 N–H and O–H groups in total. The van der Waals surface area contributed by atoms with Gasteiger partial charge in [0.2, 0.25) is 0 Å². The molecule has 0 aromatic heterocycles. The predicted molar refractivity (Wildman–Crippen MR) is 118 cm³/mol. The second-order valence-corrected chi connectivity index (χ2v) is 7.27. The maximum atomic E-state index is 5.41. The van der Waals surface area contributed by atoms with Crippen LogP contribution < -0.4 is 9.47 Å². The first-order valence-corrected chi connectivity index (χ1v) is 10.3. The number of likely N-dealkylation sites (N-methyl/N-ethyl adjacent to an activating group) is 2. The van der Waals surface area contributed by atoms with E-state index in [0.29, 0.717) is 0 Å². The van der Waals surface area contributed by atoms with Crippen molar-refractivity contribution < 1.29 is 9.47 Å². The number of rotatable bonds is 13. The lowest BCUT2D eigenvalue weighted by Gasteiger charge is -2.24. The SMILES string of the molecule is CCN(CCc1ccc(OC)c(OC)c1)CCN(C)CCCc1ccccc1. The Kier molecular flexibility index (Phi) is 9.87. The number of nitrogens with zero attached hydrogens (tertiary/aromatic N) is 2. The minimum atomic E-state index is 0.788. The highest BCUT2D eigenvalue weighted by Gasteiger charge is 2.08. The van der Waals surface area contributed by atoms with E-state index in [9.17, 15) is 0 Å². The van der Waals surface area contributed by atoms with E-state index in [1.807, 2.05) is 6.07 Å². The smallest absolute Gasteiger partial charge is 0.160 e. The minimum absolute atomic E-state index is 0.788. The van der Waals surface area contributed by atoms with Crippen LogP contribution in [-0.2, 0) is 12.8 Å². The molecule has 0 atom stereocenters. The van der Waals surface area contributed by atoms with Crippen LogP contribution in [0.4, 0.5) is 0 Å². The van der Waals surface area contributed by atoms with E-state index in [0.717, 1.165) is 57.1 Å². The highest BCUT2D eigenvalue weighted by Crippen LogP contribution is 2.27. The largest absolute Gasteiger partial charge is 0.493 e. The summed E-state index contributed by atoms with van der Waals surface area (Å²) in [5.74, 6) is 1.59. The molecule has 4 heteroatoms. The van der Waals surface area contributed by atoms with Crippen LogP contribution in [-0.4, -0.2) is 63.8 Å². The molecule has 0 bridgehead atoms. The van der Waals surface area contributed by atoms with E-state index >= 15 is 0 Å². The molecule has 0 heterocycles. The van der Waals surface area contributed by atoms with Gasteiger partial charge in [-0.3, -0.25) is 0 Å². The molecule has 154 valence electrons. The van der Waals surface area contributed by atoms with Gasteiger partial charge in [-0.05, 0) is 62.7 Å². The molecule has 4 nitrogen and oxygen atoms in total. The number of aryl methyl sites for hydroxylation is 1. The van der Waals surface area contributed by atoms with Crippen molar-refractivity contribution in [1.29, 1.82) is 0 Å². The Bertz CT molecular complexity index is 676. The number of methoxy groups -OCH3 is 2. The molecule has 0 unspecified atom stereocenters. The summed E-state index contributed by atoms with van der Waals surface area (Å²) in [5, 5.41) is 0. The van der Waals surface area contributed by atoms with Crippen LogP contribution in [0.15, 0.2) is 48.5 Å². The van der Waals surface area contributed by atoms with Crippen LogP contribution in [0.2, 0.25) is 0 Å². The first-order valence-electron chi connectivity index (χ1n) is 10.3. The molecule has 2 aromatic rings. The van der Waals surface area contributed by atoms with Crippen LogP contribution >= 0.6 is 0 Å². The Morgan fingerprint density at radius 3 is 2.18 bits per heavy atom. The fraction of sp³-hybridized carbons (Fsp3) is 0.500. The van der Waals surface area contributed by atoms with Gasteiger partial charge in [0.25, 0.3) is 0 Å². The Morgan fingerprint density at radius 1 is 0.750 bits per heavy atom. The minimum Gasteiger partial charge on any atom is -0.493 e. The molecule has 0 spiro atoms. The summed E-state index contributed by atoms with van der Waals surface area (Å²) in [7, 11) is 5.59. The Hall–Kier alpha value is -2.04. The van der Waals surface area contributed by atoms with Crippen molar-refractivity contribution in [3.63, 3.8) is 0 Å². The summed E-state index contributed by atoms with van der Waals surface area (Å²) in [6.07, 6.45) is 3.38. The molecular weight excluding hydrogens is 348 g/mol. The van der Waals surface area contributed by atoms with Gasteiger partial charge in [-0.1, -0.05) is 43.3 Å². The Labute approximate surface area is 171 Å². The van der Waals surface area contributed by atoms with Crippen molar-refractivity contribution in [1.82, 2.24) is 9.80 Å². The monoisotopic (exact) mass is 384 g/mol. The topological polar surface area (TPSA) is 24.9 Å². The van der Waals surface area contributed by atoms with Crippen molar-refractivity contribution in [3.05, 3.63) is 59.7 Å². The van der Waals surface area contributed by atoms with Gasteiger partial charge in [0.05, 0.1) is 14.2 Å². The third kappa shape index (κ3) is 7.53. The van der Waals surface area contributed by atoms with Gasteiger partial charge in [0.1, 0.15) is 0 Å². The number of ether oxygens (including phenoxy) is 2. The molecule has 0 saturated carbocycles. The number of benzene rings is 2. The van der Waals surface area contributed by atoms with Gasteiger partial charge in [-0.2, -0.15) is 0 Å². The summed E-state index contributed by atoms with van der Waals surface area (Å²) >= 11 is 0. The van der Waals surface area contributed by atoms with Gasteiger partial charge < -0.3 is 19.3 Å². The van der Waals surface area contributed by atoms with E-state index in [1.165, 1.54) is 17.5 Å². The van der Waals surface area contributed by atoms with Gasteiger partial charge in [0.15, 0.2) is 11.5 Å². The second-order valence-electron chi connectivity index (χ2n) is 7.27. The standard InChI is InChI=1S/C24H36N2O2/c1-5-26(17-15-22-13-14-23(27-3)24(20-22)28-4)19-18-25(2)16-9-12-21-10-7-6-8-11-21/h6-8,10-11,13-14,20H,5,9,12,15-19H2,1-4H3. The number of hydrogen-bond acceptors (Lipinski definition) is 4. The normalized spacial score (nSPS) is 11.2. The second kappa shape index (κ2) is 12.4. The van der Waals surface area contributed by atoms with Crippen molar-refractivity contribution in [2.24, 2.45) is 0 Å². The third-order valence-corrected chi connectivity index (χ3v) is 5.26. The zero-order valence-corrected chi connectivity index (χ0v) is 18.0. The van der Waals surface area contributed by atoms with Crippen LogP contribution in [0.25, 0.3) is 0 Å². The molecule has 2 rings (SSSR count). The van der Waals surface area contributed by atoms with E-state index < -0.39 is 0 Å². The molecule has 0 aliphatic rings.